The average molecular weight is 428 g/mol. The first-order chi connectivity index (χ1) is 14.8. The Morgan fingerprint density at radius 1 is 1.03 bits per heavy atom. The maximum absolute atomic E-state index is 12.9. The number of rotatable bonds is 11. The molecule has 166 valence electrons. The van der Waals surface area contributed by atoms with E-state index in [1.165, 1.54) is 0 Å². The largest absolute Gasteiger partial charge is 0.370 e. The van der Waals surface area contributed by atoms with Crippen LogP contribution in [-0.2, 0) is 20.8 Å². The zero-order valence-corrected chi connectivity index (χ0v) is 17.1. The van der Waals surface area contributed by atoms with E-state index < -0.39 is 29.7 Å². The molecule has 3 amide bonds. The van der Waals surface area contributed by atoms with Crippen LogP contribution in [0, 0.1) is 5.92 Å². The smallest absolute Gasteiger partial charge is 0.244 e. The molecule has 0 saturated heterocycles. The highest BCUT2D eigenvalue weighted by Gasteiger charge is 2.26. The molecule has 31 heavy (non-hydrogen) atoms. The Bertz CT molecular complexity index is 958. The number of amides is 3. The molecule has 0 aromatic heterocycles. The first-order valence-electron chi connectivity index (χ1n) is 9.86. The van der Waals surface area contributed by atoms with Crippen molar-refractivity contribution in [2.45, 2.75) is 31.7 Å². The molecule has 10 heteroatoms. The van der Waals surface area contributed by atoms with Crippen molar-refractivity contribution in [3.05, 3.63) is 48.0 Å². The standard InChI is InChI=1S/C21H28N6O4/c22-19(29)17(6-3-9-25-21(23)24)26-20(30)16(12-18(28)27-31)11-13-7-8-14-4-1-2-5-15(14)10-13/h1-2,4-5,7-8,10,16-17,31H,3,6,9,11-12H2,(H2,22,29)(H,26,30)(H,27,28)(H4,23,24,25)/t16-,17+/m1/s1. The van der Waals surface area contributed by atoms with Gasteiger partial charge in [-0.1, -0.05) is 42.5 Å². The molecule has 0 spiro atoms. The van der Waals surface area contributed by atoms with Crippen LogP contribution in [0.25, 0.3) is 10.8 Å². The van der Waals surface area contributed by atoms with Gasteiger partial charge in [0.2, 0.25) is 17.7 Å². The van der Waals surface area contributed by atoms with E-state index in [0.29, 0.717) is 6.42 Å². The molecule has 0 unspecified atom stereocenters. The Morgan fingerprint density at radius 2 is 1.74 bits per heavy atom. The fraction of sp³-hybridized carbons (Fsp3) is 0.333. The minimum Gasteiger partial charge on any atom is -0.370 e. The summed E-state index contributed by atoms with van der Waals surface area (Å²) in [6.45, 7) is 0.287. The molecule has 2 aromatic rings. The normalized spacial score (nSPS) is 12.5. The molecule has 2 atom stereocenters. The van der Waals surface area contributed by atoms with E-state index >= 15 is 0 Å². The van der Waals surface area contributed by atoms with Gasteiger partial charge in [0.1, 0.15) is 6.04 Å². The molecule has 9 N–H and O–H groups in total. The molecule has 0 aliphatic carbocycles. The van der Waals surface area contributed by atoms with Crippen LogP contribution in [0.4, 0.5) is 0 Å². The van der Waals surface area contributed by atoms with Gasteiger partial charge in [-0.2, -0.15) is 0 Å². The Morgan fingerprint density at radius 3 is 2.39 bits per heavy atom. The van der Waals surface area contributed by atoms with Gasteiger partial charge in [0.15, 0.2) is 5.96 Å². The fourth-order valence-electron chi connectivity index (χ4n) is 3.26. The zero-order chi connectivity index (χ0) is 22.8. The number of carbonyl (C=O) groups is 3. The number of hydrogen-bond donors (Lipinski definition) is 6. The summed E-state index contributed by atoms with van der Waals surface area (Å²) in [7, 11) is 0. The number of nitrogens with one attached hydrogen (secondary N) is 2. The highest BCUT2D eigenvalue weighted by atomic mass is 16.5. The first-order valence-corrected chi connectivity index (χ1v) is 9.86. The molecule has 0 radical (unpaired) electrons. The van der Waals surface area contributed by atoms with Crippen molar-refractivity contribution in [2.75, 3.05) is 6.54 Å². The highest BCUT2D eigenvalue weighted by Crippen LogP contribution is 2.20. The van der Waals surface area contributed by atoms with Crippen LogP contribution in [-0.4, -0.2) is 41.5 Å². The second-order valence-corrected chi connectivity index (χ2v) is 7.23. The number of fused-ring (bicyclic) bond motifs is 1. The molecule has 0 bridgehead atoms. The molecule has 0 heterocycles. The zero-order valence-electron chi connectivity index (χ0n) is 17.1. The molecule has 2 rings (SSSR count). The van der Waals surface area contributed by atoms with E-state index in [1.54, 1.807) is 5.48 Å². The van der Waals surface area contributed by atoms with Crippen LogP contribution in [0.3, 0.4) is 0 Å². The van der Waals surface area contributed by atoms with E-state index in [9.17, 15) is 14.4 Å². The van der Waals surface area contributed by atoms with Crippen molar-refractivity contribution < 1.29 is 19.6 Å². The van der Waals surface area contributed by atoms with Gasteiger partial charge < -0.3 is 22.5 Å². The Labute approximate surface area is 179 Å². The predicted molar refractivity (Wildman–Crippen MR) is 117 cm³/mol. The number of aliphatic imine (C=N–C) groups is 1. The van der Waals surface area contributed by atoms with E-state index in [4.69, 9.17) is 22.4 Å². The van der Waals surface area contributed by atoms with Gasteiger partial charge in [-0.15, -0.1) is 0 Å². The van der Waals surface area contributed by atoms with Crippen LogP contribution >= 0.6 is 0 Å². The average Bonchev–Trinajstić information content (AvgIpc) is 2.74. The van der Waals surface area contributed by atoms with Crippen molar-refractivity contribution in [1.29, 1.82) is 0 Å². The lowest BCUT2D eigenvalue weighted by Crippen LogP contribution is -2.47. The molecule has 0 aliphatic rings. The van der Waals surface area contributed by atoms with Crippen LogP contribution in [0.5, 0.6) is 0 Å². The van der Waals surface area contributed by atoms with Crippen molar-refractivity contribution >= 4 is 34.5 Å². The Hall–Kier alpha value is -3.66. The highest BCUT2D eigenvalue weighted by molar-refractivity contribution is 5.90. The number of nitrogens with zero attached hydrogens (tertiary/aromatic N) is 1. The lowest BCUT2D eigenvalue weighted by Gasteiger charge is -2.20. The lowest BCUT2D eigenvalue weighted by molar-refractivity contribution is -0.135. The van der Waals surface area contributed by atoms with Crippen LogP contribution in [0.1, 0.15) is 24.8 Å². The van der Waals surface area contributed by atoms with Gasteiger partial charge in [-0.25, -0.2) is 5.48 Å². The van der Waals surface area contributed by atoms with Gasteiger partial charge in [-0.05, 0) is 35.6 Å². The second-order valence-electron chi connectivity index (χ2n) is 7.23. The summed E-state index contributed by atoms with van der Waals surface area (Å²) >= 11 is 0. The Kier molecular flexibility index (Phi) is 8.77. The molecule has 10 nitrogen and oxygen atoms in total. The fourth-order valence-corrected chi connectivity index (χ4v) is 3.26. The van der Waals surface area contributed by atoms with Gasteiger partial charge in [-0.3, -0.25) is 24.6 Å². The van der Waals surface area contributed by atoms with Gasteiger partial charge >= 0.3 is 0 Å². The lowest BCUT2D eigenvalue weighted by atomic mass is 9.93. The van der Waals surface area contributed by atoms with E-state index in [1.807, 2.05) is 42.5 Å². The number of hydroxylamine groups is 1. The third-order valence-corrected chi connectivity index (χ3v) is 4.83. The molecular weight excluding hydrogens is 400 g/mol. The summed E-state index contributed by atoms with van der Waals surface area (Å²) in [5.74, 6) is -2.79. The predicted octanol–water partition coefficient (Wildman–Crippen LogP) is -0.0823. The van der Waals surface area contributed by atoms with Gasteiger partial charge in [0.05, 0.1) is 5.92 Å². The number of carbonyl (C=O) groups excluding carboxylic acids is 3. The number of hydrogen-bond acceptors (Lipinski definition) is 5. The second kappa shape index (κ2) is 11.5. The topological polar surface area (TPSA) is 186 Å². The quantitative estimate of drug-likeness (QED) is 0.0954. The summed E-state index contributed by atoms with van der Waals surface area (Å²) < 4.78 is 0. The van der Waals surface area contributed by atoms with E-state index in [0.717, 1.165) is 16.3 Å². The number of benzene rings is 2. The number of nitrogens with two attached hydrogens (primary N) is 3. The Balaban J connectivity index is 2.12. The molecule has 2 aromatic carbocycles. The minimum absolute atomic E-state index is 0.0647. The monoisotopic (exact) mass is 428 g/mol. The molecule has 0 aliphatic heterocycles. The summed E-state index contributed by atoms with van der Waals surface area (Å²) in [5, 5.41) is 13.5. The molecule has 0 fully saturated rings. The molecular formula is C21H28N6O4. The number of guanidine groups is 1. The number of primary amides is 1. The van der Waals surface area contributed by atoms with Crippen molar-refractivity contribution in [3.63, 3.8) is 0 Å². The van der Waals surface area contributed by atoms with Crippen molar-refractivity contribution in [2.24, 2.45) is 28.1 Å². The summed E-state index contributed by atoms with van der Waals surface area (Å²) in [5.41, 5.74) is 18.3. The maximum Gasteiger partial charge on any atom is 0.244 e. The molecule has 0 saturated carbocycles. The third kappa shape index (κ3) is 7.59. The summed E-state index contributed by atoms with van der Waals surface area (Å²) in [6, 6.07) is 12.6. The van der Waals surface area contributed by atoms with Gasteiger partial charge in [0.25, 0.3) is 0 Å². The van der Waals surface area contributed by atoms with E-state index in [2.05, 4.69) is 10.3 Å². The SMILES string of the molecule is NC(=O)[C@H](CCCN=C(N)N)NC(=O)[C@@H](CC(=O)NO)Cc1ccc2ccccc2c1. The summed E-state index contributed by atoms with van der Waals surface area (Å²) in [6.07, 6.45) is 0.656. The van der Waals surface area contributed by atoms with Crippen LogP contribution in [0.2, 0.25) is 0 Å². The summed E-state index contributed by atoms with van der Waals surface area (Å²) in [4.78, 5) is 40.2. The van der Waals surface area contributed by atoms with Crippen LogP contribution in [0.15, 0.2) is 47.5 Å². The third-order valence-electron chi connectivity index (χ3n) is 4.83. The van der Waals surface area contributed by atoms with Crippen molar-refractivity contribution in [1.82, 2.24) is 10.8 Å². The van der Waals surface area contributed by atoms with Crippen molar-refractivity contribution in [3.8, 4) is 0 Å². The van der Waals surface area contributed by atoms with Crippen LogP contribution < -0.4 is 28.0 Å². The van der Waals surface area contributed by atoms with E-state index in [-0.39, 0.29) is 31.8 Å². The minimum atomic E-state index is -0.932. The maximum atomic E-state index is 12.9. The van der Waals surface area contributed by atoms with Gasteiger partial charge in [0, 0.05) is 13.0 Å². The first kappa shape index (κ1) is 23.6.